The van der Waals surface area contributed by atoms with Crippen LogP contribution in [0.5, 0.6) is 5.75 Å². The number of amides is 2. The lowest BCUT2D eigenvalue weighted by Gasteiger charge is -2.32. The van der Waals surface area contributed by atoms with Gasteiger partial charge < -0.3 is 15.0 Å². The number of nitrogens with zero attached hydrogens (tertiary/aromatic N) is 1. The molecule has 0 spiro atoms. The molecule has 0 radical (unpaired) electrons. The Morgan fingerprint density at radius 3 is 2.18 bits per heavy atom. The minimum Gasteiger partial charge on any atom is -0.484 e. The molecule has 0 unspecified atom stereocenters. The SMILES string of the molecule is CC[C@@H](C)NC(=O)[C@@H](Cc1ccccc1)N(Cc1cccc(C)c1)C(=O)COc1ccc(C(C)(C)C)cc1. The van der Waals surface area contributed by atoms with E-state index < -0.39 is 6.04 Å². The van der Waals surface area contributed by atoms with E-state index in [1.165, 1.54) is 5.56 Å². The Hall–Kier alpha value is -3.60. The smallest absolute Gasteiger partial charge is 0.261 e. The third-order valence-corrected chi connectivity index (χ3v) is 6.79. The molecular weight excluding hydrogens is 472 g/mol. The predicted octanol–water partition coefficient (Wildman–Crippen LogP) is 6.23. The molecule has 0 aliphatic heterocycles. The van der Waals surface area contributed by atoms with Crippen LogP contribution in [0.3, 0.4) is 0 Å². The van der Waals surface area contributed by atoms with E-state index in [2.05, 4.69) is 32.2 Å². The first-order valence-electron chi connectivity index (χ1n) is 13.5. The van der Waals surface area contributed by atoms with Crippen LogP contribution in [0.25, 0.3) is 0 Å². The van der Waals surface area contributed by atoms with E-state index in [0.717, 1.165) is 23.1 Å². The highest BCUT2D eigenvalue weighted by Gasteiger charge is 2.31. The van der Waals surface area contributed by atoms with Gasteiger partial charge in [-0.05, 0) is 54.5 Å². The van der Waals surface area contributed by atoms with Crippen molar-refractivity contribution in [2.45, 2.75) is 78.4 Å². The Morgan fingerprint density at radius 2 is 1.58 bits per heavy atom. The van der Waals surface area contributed by atoms with Crippen LogP contribution < -0.4 is 10.1 Å². The van der Waals surface area contributed by atoms with Crippen molar-refractivity contribution in [3.63, 3.8) is 0 Å². The van der Waals surface area contributed by atoms with Gasteiger partial charge >= 0.3 is 0 Å². The summed E-state index contributed by atoms with van der Waals surface area (Å²) in [5.41, 5.74) is 4.31. The van der Waals surface area contributed by atoms with Crippen molar-refractivity contribution in [3.05, 3.63) is 101 Å². The van der Waals surface area contributed by atoms with Crippen LogP contribution in [0.4, 0.5) is 0 Å². The predicted molar refractivity (Wildman–Crippen MR) is 154 cm³/mol. The van der Waals surface area contributed by atoms with Crippen molar-refractivity contribution in [2.75, 3.05) is 6.61 Å². The zero-order chi connectivity index (χ0) is 27.7. The fraction of sp³-hybridized carbons (Fsp3) is 0.394. The second kappa shape index (κ2) is 13.3. The monoisotopic (exact) mass is 514 g/mol. The molecule has 0 aliphatic carbocycles. The molecule has 3 aromatic carbocycles. The summed E-state index contributed by atoms with van der Waals surface area (Å²) in [5, 5.41) is 3.10. The van der Waals surface area contributed by atoms with Crippen molar-refractivity contribution in [1.82, 2.24) is 10.2 Å². The van der Waals surface area contributed by atoms with Gasteiger partial charge in [0.15, 0.2) is 6.61 Å². The molecular formula is C33H42N2O3. The van der Waals surface area contributed by atoms with Crippen LogP contribution in [-0.2, 0) is 28.0 Å². The molecule has 0 bridgehead atoms. The van der Waals surface area contributed by atoms with Crippen LogP contribution in [0.15, 0.2) is 78.9 Å². The van der Waals surface area contributed by atoms with Crippen LogP contribution in [0.2, 0.25) is 0 Å². The summed E-state index contributed by atoms with van der Waals surface area (Å²) in [6.07, 6.45) is 1.23. The fourth-order valence-corrected chi connectivity index (χ4v) is 4.28. The Labute approximate surface area is 228 Å². The fourth-order valence-electron chi connectivity index (χ4n) is 4.28. The average molecular weight is 515 g/mol. The van der Waals surface area contributed by atoms with Crippen LogP contribution in [-0.4, -0.2) is 35.4 Å². The molecule has 0 aliphatic rings. The molecule has 3 rings (SSSR count). The molecule has 5 nitrogen and oxygen atoms in total. The van der Waals surface area contributed by atoms with E-state index >= 15 is 0 Å². The molecule has 3 aromatic rings. The molecule has 1 N–H and O–H groups in total. The van der Waals surface area contributed by atoms with Crippen molar-refractivity contribution in [1.29, 1.82) is 0 Å². The van der Waals surface area contributed by atoms with E-state index in [-0.39, 0.29) is 29.9 Å². The summed E-state index contributed by atoms with van der Waals surface area (Å²) in [4.78, 5) is 29.0. The maximum Gasteiger partial charge on any atom is 0.261 e. The minimum absolute atomic E-state index is 0.00859. The number of rotatable bonds is 11. The highest BCUT2D eigenvalue weighted by Crippen LogP contribution is 2.24. The van der Waals surface area contributed by atoms with Crippen LogP contribution in [0.1, 0.15) is 63.3 Å². The van der Waals surface area contributed by atoms with Gasteiger partial charge in [-0.1, -0.05) is 100.0 Å². The number of nitrogens with one attached hydrogen (secondary N) is 1. The zero-order valence-electron chi connectivity index (χ0n) is 23.7. The third-order valence-electron chi connectivity index (χ3n) is 6.79. The summed E-state index contributed by atoms with van der Waals surface area (Å²) >= 11 is 0. The summed E-state index contributed by atoms with van der Waals surface area (Å²) in [6.45, 7) is 12.7. The Balaban J connectivity index is 1.89. The van der Waals surface area contributed by atoms with E-state index in [0.29, 0.717) is 18.7 Å². The number of carbonyl (C=O) groups is 2. The quantitative estimate of drug-likeness (QED) is 0.330. The van der Waals surface area contributed by atoms with E-state index in [9.17, 15) is 9.59 Å². The highest BCUT2D eigenvalue weighted by atomic mass is 16.5. The van der Waals surface area contributed by atoms with Crippen LogP contribution >= 0.6 is 0 Å². The van der Waals surface area contributed by atoms with Gasteiger partial charge in [-0.25, -0.2) is 0 Å². The first-order valence-corrected chi connectivity index (χ1v) is 13.5. The molecule has 202 valence electrons. The summed E-state index contributed by atoms with van der Waals surface area (Å²) in [5.74, 6) is 0.246. The number of ether oxygens (including phenoxy) is 1. The first-order chi connectivity index (χ1) is 18.1. The molecule has 38 heavy (non-hydrogen) atoms. The summed E-state index contributed by atoms with van der Waals surface area (Å²) in [7, 11) is 0. The van der Waals surface area contributed by atoms with Gasteiger partial charge in [0.1, 0.15) is 11.8 Å². The lowest BCUT2D eigenvalue weighted by molar-refractivity contribution is -0.143. The second-order valence-electron chi connectivity index (χ2n) is 11.1. The van der Waals surface area contributed by atoms with Gasteiger partial charge in [0.05, 0.1) is 0 Å². The number of hydrogen-bond acceptors (Lipinski definition) is 3. The largest absolute Gasteiger partial charge is 0.484 e. The van der Waals surface area contributed by atoms with Gasteiger partial charge in [0.2, 0.25) is 5.91 Å². The van der Waals surface area contributed by atoms with Crippen molar-refractivity contribution in [2.24, 2.45) is 0 Å². The lowest BCUT2D eigenvalue weighted by Crippen LogP contribution is -2.53. The molecule has 0 aromatic heterocycles. The molecule has 5 heteroatoms. The van der Waals surface area contributed by atoms with Crippen molar-refractivity contribution < 1.29 is 14.3 Å². The maximum absolute atomic E-state index is 13.7. The minimum atomic E-state index is -0.675. The van der Waals surface area contributed by atoms with Gasteiger partial charge in [0.25, 0.3) is 5.91 Å². The molecule has 0 heterocycles. The van der Waals surface area contributed by atoms with Crippen LogP contribution in [0, 0.1) is 6.92 Å². The molecule has 0 saturated carbocycles. The van der Waals surface area contributed by atoms with Crippen molar-refractivity contribution in [3.8, 4) is 5.75 Å². The number of carbonyl (C=O) groups excluding carboxylic acids is 2. The molecule has 2 atom stereocenters. The highest BCUT2D eigenvalue weighted by molar-refractivity contribution is 5.88. The molecule has 0 saturated heterocycles. The normalized spacial score (nSPS) is 12.9. The van der Waals surface area contributed by atoms with E-state index in [1.54, 1.807) is 4.90 Å². The summed E-state index contributed by atoms with van der Waals surface area (Å²) in [6, 6.07) is 25.1. The van der Waals surface area contributed by atoms with E-state index in [1.807, 2.05) is 93.6 Å². The molecule has 0 fully saturated rings. The van der Waals surface area contributed by atoms with Gasteiger partial charge in [-0.15, -0.1) is 0 Å². The van der Waals surface area contributed by atoms with E-state index in [4.69, 9.17) is 4.74 Å². The van der Waals surface area contributed by atoms with Gasteiger partial charge in [-0.2, -0.15) is 0 Å². The topological polar surface area (TPSA) is 58.6 Å². The standard InChI is InChI=1S/C33H42N2O3/c1-7-25(3)34-32(37)30(21-26-13-9-8-10-14-26)35(22-27-15-11-12-24(2)20-27)31(36)23-38-29-18-16-28(17-19-29)33(4,5)6/h8-20,25,30H,7,21-23H2,1-6H3,(H,34,37)/t25-,30-/m1/s1. The maximum atomic E-state index is 13.7. The van der Waals surface area contributed by atoms with Gasteiger partial charge in [0, 0.05) is 19.0 Å². The first kappa shape index (κ1) is 29.0. The Morgan fingerprint density at radius 1 is 0.921 bits per heavy atom. The number of aryl methyl sites for hydroxylation is 1. The van der Waals surface area contributed by atoms with Crippen molar-refractivity contribution >= 4 is 11.8 Å². The number of hydrogen-bond donors (Lipinski definition) is 1. The number of benzene rings is 3. The summed E-state index contributed by atoms with van der Waals surface area (Å²) < 4.78 is 5.94. The lowest BCUT2D eigenvalue weighted by atomic mass is 9.87. The third kappa shape index (κ3) is 8.47. The Bertz CT molecular complexity index is 1180. The second-order valence-corrected chi connectivity index (χ2v) is 11.1. The van der Waals surface area contributed by atoms with Gasteiger partial charge in [-0.3, -0.25) is 9.59 Å². The zero-order valence-corrected chi connectivity index (χ0v) is 23.7. The molecule has 2 amide bonds. The average Bonchev–Trinajstić information content (AvgIpc) is 2.89. The Kier molecular flexibility index (Phi) is 10.1.